The van der Waals surface area contributed by atoms with E-state index in [0.717, 1.165) is 12.1 Å². The average Bonchev–Trinajstić information content (AvgIpc) is 2.86. The molecule has 1 N–H and O–H groups in total. The quantitative estimate of drug-likeness (QED) is 0.775. The van der Waals surface area contributed by atoms with E-state index in [-0.39, 0.29) is 6.42 Å². The molecule has 0 unspecified atom stereocenters. The molecule has 0 spiro atoms. The monoisotopic (exact) mass is 334 g/mol. The van der Waals surface area contributed by atoms with Gasteiger partial charge in [0.1, 0.15) is 5.52 Å². The predicted molar refractivity (Wildman–Crippen MR) is 82.5 cm³/mol. The van der Waals surface area contributed by atoms with Gasteiger partial charge in [0.2, 0.25) is 5.91 Å². The van der Waals surface area contributed by atoms with Gasteiger partial charge >= 0.3 is 6.18 Å². The number of oxazole rings is 1. The Labute approximate surface area is 135 Å². The van der Waals surface area contributed by atoms with Gasteiger partial charge in [0.15, 0.2) is 11.5 Å². The van der Waals surface area contributed by atoms with Crippen LogP contribution in [-0.4, -0.2) is 10.9 Å². The zero-order valence-electron chi connectivity index (χ0n) is 12.6. The van der Waals surface area contributed by atoms with E-state index in [4.69, 9.17) is 4.42 Å². The highest BCUT2D eigenvalue weighted by atomic mass is 19.4. The maximum Gasteiger partial charge on any atom is 0.416 e. The Balaban J connectivity index is 1.72. The Kier molecular flexibility index (Phi) is 4.01. The highest BCUT2D eigenvalue weighted by Gasteiger charge is 2.30. The molecular weight excluding hydrogens is 321 g/mol. The smallest absolute Gasteiger partial charge is 0.416 e. The third-order valence-electron chi connectivity index (χ3n) is 3.40. The highest BCUT2D eigenvalue weighted by molar-refractivity contribution is 5.94. The Hall–Kier alpha value is -2.83. The summed E-state index contributed by atoms with van der Waals surface area (Å²) in [7, 11) is 0. The van der Waals surface area contributed by atoms with Gasteiger partial charge in [-0.15, -0.1) is 0 Å². The minimum Gasteiger partial charge on any atom is -0.441 e. The lowest BCUT2D eigenvalue weighted by Crippen LogP contribution is -2.15. The van der Waals surface area contributed by atoms with Crippen LogP contribution in [0.15, 0.2) is 46.9 Å². The maximum atomic E-state index is 12.7. The van der Waals surface area contributed by atoms with E-state index >= 15 is 0 Å². The van der Waals surface area contributed by atoms with Crippen molar-refractivity contribution in [1.29, 1.82) is 0 Å². The largest absolute Gasteiger partial charge is 0.441 e. The second-order valence-electron chi connectivity index (χ2n) is 5.34. The average molecular weight is 334 g/mol. The van der Waals surface area contributed by atoms with Gasteiger partial charge in [-0.1, -0.05) is 18.2 Å². The first-order valence-electron chi connectivity index (χ1n) is 7.14. The molecule has 0 aliphatic heterocycles. The van der Waals surface area contributed by atoms with Gasteiger partial charge in [-0.2, -0.15) is 13.2 Å². The fraction of sp³-hybridized carbons (Fsp3) is 0.176. The summed E-state index contributed by atoms with van der Waals surface area (Å²) in [4.78, 5) is 16.2. The molecule has 3 aromatic rings. The van der Waals surface area contributed by atoms with E-state index in [1.165, 1.54) is 12.1 Å². The number of hydrogen-bond acceptors (Lipinski definition) is 3. The van der Waals surface area contributed by atoms with Crippen molar-refractivity contribution in [2.24, 2.45) is 0 Å². The number of anilines is 1. The molecule has 24 heavy (non-hydrogen) atoms. The molecule has 0 aliphatic rings. The number of amides is 1. The van der Waals surface area contributed by atoms with Crippen LogP contribution >= 0.6 is 0 Å². The molecule has 1 heterocycles. The number of alkyl halides is 3. The van der Waals surface area contributed by atoms with Gasteiger partial charge in [0.25, 0.3) is 0 Å². The highest BCUT2D eigenvalue weighted by Crippen LogP contribution is 2.29. The number of halogens is 3. The van der Waals surface area contributed by atoms with E-state index in [0.29, 0.717) is 28.2 Å². The molecule has 3 rings (SSSR count). The van der Waals surface area contributed by atoms with Gasteiger partial charge in [-0.05, 0) is 29.8 Å². The van der Waals surface area contributed by atoms with Gasteiger partial charge < -0.3 is 9.73 Å². The van der Waals surface area contributed by atoms with Crippen molar-refractivity contribution in [2.75, 3.05) is 5.32 Å². The zero-order valence-corrected chi connectivity index (χ0v) is 12.6. The summed E-state index contributed by atoms with van der Waals surface area (Å²) in [5.41, 5.74) is 1.23. The second kappa shape index (κ2) is 5.99. The molecule has 0 atom stereocenters. The molecule has 0 radical (unpaired) electrons. The number of nitrogens with one attached hydrogen (secondary N) is 1. The molecule has 0 saturated carbocycles. The Bertz CT molecular complexity index is 900. The Morgan fingerprint density at radius 1 is 1.21 bits per heavy atom. The topological polar surface area (TPSA) is 55.1 Å². The number of carbonyl (C=O) groups is 1. The van der Waals surface area contributed by atoms with E-state index in [1.807, 2.05) is 0 Å². The summed E-state index contributed by atoms with van der Waals surface area (Å²) in [6.45, 7) is 1.71. The normalized spacial score (nSPS) is 11.7. The van der Waals surface area contributed by atoms with Crippen molar-refractivity contribution in [1.82, 2.24) is 4.98 Å². The van der Waals surface area contributed by atoms with Crippen LogP contribution in [0.1, 0.15) is 17.0 Å². The minimum atomic E-state index is -4.43. The second-order valence-corrected chi connectivity index (χ2v) is 5.34. The van der Waals surface area contributed by atoms with Crippen LogP contribution in [0.5, 0.6) is 0 Å². The zero-order chi connectivity index (χ0) is 17.3. The van der Waals surface area contributed by atoms with Crippen LogP contribution in [0.4, 0.5) is 18.9 Å². The number of fused-ring (bicyclic) bond motifs is 1. The standard InChI is InChI=1S/C17H13F3N2O2/c1-10-21-14-9-13(5-6-15(14)24-10)22-16(23)8-11-3-2-4-12(7-11)17(18,19)20/h2-7,9H,8H2,1H3,(H,22,23). The lowest BCUT2D eigenvalue weighted by molar-refractivity contribution is -0.137. The summed E-state index contributed by atoms with van der Waals surface area (Å²) in [6.07, 6.45) is -4.58. The molecule has 124 valence electrons. The maximum absolute atomic E-state index is 12.7. The van der Waals surface area contributed by atoms with Crippen molar-refractivity contribution in [3.63, 3.8) is 0 Å². The molecule has 4 nitrogen and oxygen atoms in total. The molecule has 7 heteroatoms. The lowest BCUT2D eigenvalue weighted by Gasteiger charge is -2.09. The molecule has 2 aromatic carbocycles. The van der Waals surface area contributed by atoms with Crippen molar-refractivity contribution in [3.05, 3.63) is 59.5 Å². The third-order valence-corrected chi connectivity index (χ3v) is 3.40. The first-order chi connectivity index (χ1) is 11.3. The van der Waals surface area contributed by atoms with Crippen LogP contribution in [0.25, 0.3) is 11.1 Å². The van der Waals surface area contributed by atoms with Crippen LogP contribution in [-0.2, 0) is 17.4 Å². The number of nitrogens with zero attached hydrogens (tertiary/aromatic N) is 1. The van der Waals surface area contributed by atoms with Crippen molar-refractivity contribution >= 4 is 22.7 Å². The number of carbonyl (C=O) groups excluding carboxylic acids is 1. The van der Waals surface area contributed by atoms with Crippen LogP contribution in [0, 0.1) is 6.92 Å². The predicted octanol–water partition coefficient (Wildman–Crippen LogP) is 4.34. The Morgan fingerprint density at radius 2 is 2.00 bits per heavy atom. The van der Waals surface area contributed by atoms with E-state index < -0.39 is 17.6 Å². The van der Waals surface area contributed by atoms with Gasteiger partial charge in [-0.3, -0.25) is 4.79 Å². The van der Waals surface area contributed by atoms with E-state index in [9.17, 15) is 18.0 Å². The van der Waals surface area contributed by atoms with Crippen LogP contribution in [0.2, 0.25) is 0 Å². The Morgan fingerprint density at radius 3 is 2.75 bits per heavy atom. The van der Waals surface area contributed by atoms with E-state index in [1.54, 1.807) is 25.1 Å². The molecule has 0 aliphatic carbocycles. The summed E-state index contributed by atoms with van der Waals surface area (Å²) < 4.78 is 43.4. The van der Waals surface area contributed by atoms with Crippen molar-refractivity contribution < 1.29 is 22.4 Å². The van der Waals surface area contributed by atoms with E-state index in [2.05, 4.69) is 10.3 Å². The van der Waals surface area contributed by atoms with Gasteiger partial charge in [-0.25, -0.2) is 4.98 Å². The molecule has 0 fully saturated rings. The number of benzene rings is 2. The lowest BCUT2D eigenvalue weighted by atomic mass is 10.1. The van der Waals surface area contributed by atoms with Gasteiger partial charge in [0.05, 0.1) is 12.0 Å². The van der Waals surface area contributed by atoms with Crippen LogP contribution in [0.3, 0.4) is 0 Å². The summed E-state index contributed by atoms with van der Waals surface area (Å²) >= 11 is 0. The molecule has 1 aromatic heterocycles. The number of aromatic nitrogens is 1. The first kappa shape index (κ1) is 16.0. The summed E-state index contributed by atoms with van der Waals surface area (Å²) in [5, 5.41) is 2.65. The van der Waals surface area contributed by atoms with Gasteiger partial charge in [0, 0.05) is 12.6 Å². The number of aryl methyl sites for hydroxylation is 1. The number of rotatable bonds is 3. The number of hydrogen-bond donors (Lipinski definition) is 1. The molecule has 1 amide bonds. The summed E-state index contributed by atoms with van der Waals surface area (Å²) in [5.74, 6) is 0.103. The molecular formula is C17H13F3N2O2. The molecule has 0 bridgehead atoms. The third kappa shape index (κ3) is 3.56. The molecule has 0 saturated heterocycles. The minimum absolute atomic E-state index is 0.153. The van der Waals surface area contributed by atoms with Crippen LogP contribution < -0.4 is 5.32 Å². The van der Waals surface area contributed by atoms with Crippen molar-refractivity contribution in [2.45, 2.75) is 19.5 Å². The fourth-order valence-corrected chi connectivity index (χ4v) is 2.37. The SMILES string of the molecule is Cc1nc2cc(NC(=O)Cc3cccc(C(F)(F)F)c3)ccc2o1. The fourth-order valence-electron chi connectivity index (χ4n) is 2.37. The first-order valence-corrected chi connectivity index (χ1v) is 7.14. The van der Waals surface area contributed by atoms with Crippen molar-refractivity contribution in [3.8, 4) is 0 Å². The summed E-state index contributed by atoms with van der Waals surface area (Å²) in [6, 6.07) is 9.70.